The second-order valence-electron chi connectivity index (χ2n) is 6.56. The first-order chi connectivity index (χ1) is 11.5. The Hall–Kier alpha value is -1.72. The van der Waals surface area contributed by atoms with Gasteiger partial charge in [-0.25, -0.2) is 0 Å². The number of hydrogen-bond acceptors (Lipinski definition) is 3. The van der Waals surface area contributed by atoms with Crippen LogP contribution in [0.2, 0.25) is 0 Å². The lowest BCUT2D eigenvalue weighted by atomic mass is 9.89. The second kappa shape index (κ2) is 5.67. The summed E-state index contributed by atoms with van der Waals surface area (Å²) in [5, 5.41) is 4.23. The third kappa shape index (κ3) is 2.47. The molecule has 2 bridgehead atoms. The van der Waals surface area contributed by atoms with E-state index in [-0.39, 0.29) is 6.04 Å². The van der Waals surface area contributed by atoms with Crippen molar-refractivity contribution in [3.05, 3.63) is 53.6 Å². The lowest BCUT2D eigenvalue weighted by Crippen LogP contribution is -2.65. The molecular weight excluding hydrogens is 336 g/mol. The second-order valence-corrected chi connectivity index (χ2v) is 7.83. The summed E-state index contributed by atoms with van der Waals surface area (Å²) in [6.07, 6.45) is 2.94. The number of thiocarbonyl (C=S) groups is 1. The molecule has 0 radical (unpaired) electrons. The number of hydrogen-bond donors (Lipinski definition) is 1. The van der Waals surface area contributed by atoms with Crippen LogP contribution < -0.4 is 15.0 Å². The van der Waals surface area contributed by atoms with Gasteiger partial charge in [0.1, 0.15) is 5.75 Å². The highest BCUT2D eigenvalue weighted by Gasteiger charge is 2.48. The maximum absolute atomic E-state index is 6.45. The van der Waals surface area contributed by atoms with Gasteiger partial charge < -0.3 is 10.1 Å². The van der Waals surface area contributed by atoms with E-state index in [4.69, 9.17) is 17.0 Å². The van der Waals surface area contributed by atoms with E-state index < -0.39 is 5.72 Å². The van der Waals surface area contributed by atoms with E-state index >= 15 is 0 Å². The van der Waals surface area contributed by atoms with Crippen molar-refractivity contribution in [2.75, 3.05) is 11.2 Å². The van der Waals surface area contributed by atoms with Crippen molar-refractivity contribution in [1.82, 2.24) is 5.32 Å². The van der Waals surface area contributed by atoms with Gasteiger partial charge in [0, 0.05) is 22.6 Å². The van der Waals surface area contributed by atoms with Crippen molar-refractivity contribution >= 4 is 34.8 Å². The van der Waals surface area contributed by atoms with Crippen molar-refractivity contribution < 1.29 is 4.74 Å². The van der Waals surface area contributed by atoms with E-state index in [1.165, 1.54) is 16.0 Å². The van der Waals surface area contributed by atoms with Crippen molar-refractivity contribution in [2.45, 2.75) is 36.9 Å². The Bertz CT molecular complexity index is 823. The first-order valence-corrected chi connectivity index (χ1v) is 9.68. The number of fused-ring (bicyclic) bond motifs is 4. The maximum Gasteiger partial charge on any atom is 0.188 e. The minimum atomic E-state index is -0.480. The van der Waals surface area contributed by atoms with E-state index in [9.17, 15) is 0 Å². The molecular formula is C19H20N2OS2. The predicted octanol–water partition coefficient (Wildman–Crippen LogP) is 4.65. The number of nitrogens with one attached hydrogen (secondary N) is 1. The van der Waals surface area contributed by atoms with E-state index in [0.29, 0.717) is 0 Å². The lowest BCUT2D eigenvalue weighted by molar-refractivity contribution is 0.0497. The van der Waals surface area contributed by atoms with Gasteiger partial charge in [-0.1, -0.05) is 23.8 Å². The molecule has 2 unspecified atom stereocenters. The van der Waals surface area contributed by atoms with Gasteiger partial charge in [0.2, 0.25) is 0 Å². The fraction of sp³-hybridized carbons (Fsp3) is 0.316. The van der Waals surface area contributed by atoms with Crippen molar-refractivity contribution in [1.29, 1.82) is 0 Å². The lowest BCUT2D eigenvalue weighted by Gasteiger charge is -2.52. The fourth-order valence-electron chi connectivity index (χ4n) is 3.63. The number of rotatable bonds is 2. The van der Waals surface area contributed by atoms with Crippen LogP contribution in [-0.2, 0) is 0 Å². The van der Waals surface area contributed by atoms with Gasteiger partial charge in [-0.05, 0) is 56.6 Å². The highest BCUT2D eigenvalue weighted by Crippen LogP contribution is 2.46. The van der Waals surface area contributed by atoms with Crippen LogP contribution in [0.15, 0.2) is 47.4 Å². The van der Waals surface area contributed by atoms with Crippen LogP contribution in [0.25, 0.3) is 0 Å². The maximum atomic E-state index is 6.45. The van der Waals surface area contributed by atoms with Gasteiger partial charge in [-0.15, -0.1) is 11.8 Å². The minimum absolute atomic E-state index is 0.200. The molecule has 4 rings (SSSR count). The Balaban J connectivity index is 1.79. The van der Waals surface area contributed by atoms with Crippen molar-refractivity contribution in [2.24, 2.45) is 0 Å². The van der Waals surface area contributed by atoms with E-state index in [1.54, 1.807) is 11.8 Å². The monoisotopic (exact) mass is 356 g/mol. The Morgan fingerprint density at radius 1 is 1.29 bits per heavy atom. The number of aryl methyl sites for hydroxylation is 1. The summed E-state index contributed by atoms with van der Waals surface area (Å²) in [4.78, 5) is 3.33. The molecule has 0 saturated carbocycles. The van der Waals surface area contributed by atoms with Gasteiger partial charge in [-0.2, -0.15) is 0 Å². The summed E-state index contributed by atoms with van der Waals surface area (Å²) in [6.45, 7) is 4.23. The fourth-order valence-corrected chi connectivity index (χ4v) is 4.53. The molecule has 1 saturated heterocycles. The summed E-state index contributed by atoms with van der Waals surface area (Å²) < 4.78 is 6.45. The van der Waals surface area contributed by atoms with Gasteiger partial charge in [0.25, 0.3) is 0 Å². The minimum Gasteiger partial charge on any atom is -0.467 e. The van der Waals surface area contributed by atoms with Crippen LogP contribution >= 0.6 is 24.0 Å². The summed E-state index contributed by atoms with van der Waals surface area (Å²) >= 11 is 7.43. The predicted molar refractivity (Wildman–Crippen MR) is 104 cm³/mol. The molecule has 2 aliphatic rings. The van der Waals surface area contributed by atoms with Crippen molar-refractivity contribution in [3.63, 3.8) is 0 Å². The number of benzene rings is 2. The summed E-state index contributed by atoms with van der Waals surface area (Å²) in [5.41, 5.74) is 3.03. The van der Waals surface area contributed by atoms with Crippen LogP contribution in [0.4, 0.5) is 5.69 Å². The largest absolute Gasteiger partial charge is 0.467 e. The van der Waals surface area contributed by atoms with Crippen LogP contribution in [0, 0.1) is 6.92 Å². The molecule has 5 heteroatoms. The molecule has 2 aromatic rings. The summed E-state index contributed by atoms with van der Waals surface area (Å²) in [5.74, 6) is 0.945. The SMILES string of the molecule is CSc1cccc(N2C(=S)NC3CC2(C)Oc2ccc(C)cc23)c1. The zero-order valence-corrected chi connectivity index (χ0v) is 15.6. The molecule has 2 atom stereocenters. The third-order valence-corrected chi connectivity index (χ3v) is 5.76. The van der Waals surface area contributed by atoms with Crippen LogP contribution in [0.1, 0.15) is 30.5 Å². The van der Waals surface area contributed by atoms with Gasteiger partial charge in [0.15, 0.2) is 10.8 Å². The van der Waals surface area contributed by atoms with Gasteiger partial charge in [0.05, 0.1) is 6.04 Å². The normalized spacial score (nSPS) is 24.9. The standard InChI is InChI=1S/C19H20N2OS2/c1-12-7-8-17-15(9-12)16-11-19(2,22-17)21(18(23)20-16)13-5-4-6-14(10-13)24-3/h4-10,16H,11H2,1-3H3,(H,20,23). The average Bonchev–Trinajstić information content (AvgIpc) is 2.55. The summed E-state index contributed by atoms with van der Waals surface area (Å²) in [6, 6.07) is 15.0. The van der Waals surface area contributed by atoms with E-state index in [2.05, 4.69) is 72.8 Å². The molecule has 2 aromatic carbocycles. The molecule has 0 aromatic heterocycles. The Kier molecular flexibility index (Phi) is 3.73. The smallest absolute Gasteiger partial charge is 0.188 e. The summed E-state index contributed by atoms with van der Waals surface area (Å²) in [7, 11) is 0. The first-order valence-electron chi connectivity index (χ1n) is 8.04. The Morgan fingerprint density at radius 2 is 2.12 bits per heavy atom. The van der Waals surface area contributed by atoms with Crippen LogP contribution in [0.3, 0.4) is 0 Å². The Labute approximate surface area is 152 Å². The quantitative estimate of drug-likeness (QED) is 0.624. The molecule has 1 N–H and O–H groups in total. The average molecular weight is 357 g/mol. The highest BCUT2D eigenvalue weighted by atomic mass is 32.2. The molecule has 1 fully saturated rings. The zero-order chi connectivity index (χ0) is 16.9. The molecule has 0 amide bonds. The van der Waals surface area contributed by atoms with Gasteiger partial charge in [-0.3, -0.25) is 4.90 Å². The molecule has 0 aliphatic carbocycles. The molecule has 2 heterocycles. The molecule has 24 heavy (non-hydrogen) atoms. The molecule has 0 spiro atoms. The van der Waals surface area contributed by atoms with E-state index in [1.807, 2.05) is 0 Å². The number of ether oxygens (including phenoxy) is 1. The Morgan fingerprint density at radius 3 is 2.92 bits per heavy atom. The molecule has 124 valence electrons. The molecule has 2 aliphatic heterocycles. The molecule has 3 nitrogen and oxygen atoms in total. The number of anilines is 1. The highest BCUT2D eigenvalue weighted by molar-refractivity contribution is 7.98. The third-order valence-electron chi connectivity index (χ3n) is 4.74. The van der Waals surface area contributed by atoms with Gasteiger partial charge >= 0.3 is 0 Å². The van der Waals surface area contributed by atoms with E-state index in [0.717, 1.165) is 23.0 Å². The van der Waals surface area contributed by atoms with Crippen molar-refractivity contribution in [3.8, 4) is 5.75 Å². The zero-order valence-electron chi connectivity index (χ0n) is 14.0. The van der Waals surface area contributed by atoms with Crippen LogP contribution in [0.5, 0.6) is 5.75 Å². The number of thioether (sulfide) groups is 1. The first kappa shape index (κ1) is 15.8. The topological polar surface area (TPSA) is 24.5 Å². The number of nitrogens with zero attached hydrogens (tertiary/aromatic N) is 1. The van der Waals surface area contributed by atoms with Crippen LogP contribution in [-0.4, -0.2) is 17.1 Å².